The molecule has 0 aliphatic heterocycles. The molecular formula is C4H13CuO4P. The number of hydrogen-bond donors (Lipinski definition) is 3. The molecule has 0 bridgehead atoms. The second kappa shape index (κ2) is 16.3. The molecule has 0 saturated carbocycles. The molecule has 0 spiro atoms. The van der Waals surface area contributed by atoms with E-state index in [1.807, 2.05) is 0 Å². The molecule has 0 aliphatic carbocycles. The van der Waals surface area contributed by atoms with Crippen LogP contribution in [-0.4, -0.2) is 14.7 Å². The van der Waals surface area contributed by atoms with Crippen LogP contribution in [0.3, 0.4) is 0 Å². The van der Waals surface area contributed by atoms with Crippen molar-refractivity contribution in [3.63, 3.8) is 0 Å². The molecule has 1 radical (unpaired) electrons. The molecular weight excluding hydrogens is 207 g/mol. The minimum atomic E-state index is -4.64. The fourth-order valence-electron chi connectivity index (χ4n) is 0. The van der Waals surface area contributed by atoms with Crippen molar-refractivity contribution in [2.75, 3.05) is 0 Å². The Labute approximate surface area is 72.4 Å². The summed E-state index contributed by atoms with van der Waals surface area (Å²) in [5.74, 6) is 0. The van der Waals surface area contributed by atoms with Gasteiger partial charge in [0.1, 0.15) is 0 Å². The topological polar surface area (TPSA) is 77.8 Å². The average Bonchev–Trinajstić information content (AvgIpc) is 1.72. The van der Waals surface area contributed by atoms with Crippen molar-refractivity contribution in [1.29, 1.82) is 0 Å². The van der Waals surface area contributed by atoms with Crippen LogP contribution in [0.15, 0.2) is 0 Å². The van der Waals surface area contributed by atoms with Crippen LogP contribution in [0.2, 0.25) is 0 Å². The van der Waals surface area contributed by atoms with Gasteiger partial charge in [0.05, 0.1) is 0 Å². The van der Waals surface area contributed by atoms with Gasteiger partial charge in [-0.3, -0.25) is 0 Å². The summed E-state index contributed by atoms with van der Waals surface area (Å²) in [6.45, 7) is 10.0. The average molecular weight is 220 g/mol. The molecule has 69 valence electrons. The van der Waals surface area contributed by atoms with Gasteiger partial charge in [-0.15, -0.1) is 0 Å². The molecule has 0 heterocycles. The minimum Gasteiger partial charge on any atom is -0.346 e. The van der Waals surface area contributed by atoms with Crippen LogP contribution in [-0.2, 0) is 21.6 Å². The maximum absolute atomic E-state index is 8.88. The van der Waals surface area contributed by atoms with Crippen molar-refractivity contribution in [3.8, 4) is 0 Å². The Morgan fingerprint density at radius 3 is 1.00 bits per heavy atom. The molecule has 0 aromatic rings. The van der Waals surface area contributed by atoms with Crippen LogP contribution in [0.1, 0.15) is 13.8 Å². The summed E-state index contributed by atoms with van der Waals surface area (Å²) in [6, 6.07) is 0. The van der Waals surface area contributed by atoms with Crippen LogP contribution in [0, 0.1) is 13.8 Å². The number of rotatable bonds is 0. The molecule has 0 aliphatic rings. The fraction of sp³-hybridized carbons (Fsp3) is 0.500. The van der Waals surface area contributed by atoms with Gasteiger partial charge in [0.25, 0.3) is 0 Å². The first-order valence-electron chi connectivity index (χ1n) is 2.20. The van der Waals surface area contributed by atoms with Crippen molar-refractivity contribution >= 4 is 7.82 Å². The molecule has 4 nitrogen and oxygen atoms in total. The van der Waals surface area contributed by atoms with Gasteiger partial charge in [0.15, 0.2) is 0 Å². The third-order valence-corrected chi connectivity index (χ3v) is 0. The van der Waals surface area contributed by atoms with E-state index in [0.717, 1.165) is 0 Å². The fourth-order valence-corrected chi connectivity index (χ4v) is 0. The minimum absolute atomic E-state index is 0. The predicted octanol–water partition coefficient (Wildman–Crippen LogP) is 0.750. The summed E-state index contributed by atoms with van der Waals surface area (Å²) in [5, 5.41) is 0. The van der Waals surface area contributed by atoms with E-state index in [9.17, 15) is 0 Å². The SMILES string of the molecule is O=P(O)(O)O.[CH2-]C.[CH2-]C.[Cu+2]. The van der Waals surface area contributed by atoms with Crippen LogP contribution in [0.5, 0.6) is 0 Å². The quantitative estimate of drug-likeness (QED) is 0.319. The molecule has 0 atom stereocenters. The molecule has 3 N–H and O–H groups in total. The van der Waals surface area contributed by atoms with Crippen molar-refractivity contribution in [2.24, 2.45) is 0 Å². The van der Waals surface area contributed by atoms with E-state index in [0.29, 0.717) is 0 Å². The van der Waals surface area contributed by atoms with Gasteiger partial charge in [-0.05, 0) is 0 Å². The predicted molar refractivity (Wildman–Crippen MR) is 36.3 cm³/mol. The van der Waals surface area contributed by atoms with Crippen molar-refractivity contribution in [1.82, 2.24) is 0 Å². The number of hydrogen-bond acceptors (Lipinski definition) is 1. The maximum atomic E-state index is 8.88. The van der Waals surface area contributed by atoms with Crippen molar-refractivity contribution in [3.05, 3.63) is 13.8 Å². The van der Waals surface area contributed by atoms with Crippen LogP contribution in [0.25, 0.3) is 0 Å². The zero-order valence-electron chi connectivity index (χ0n) is 5.91. The summed E-state index contributed by atoms with van der Waals surface area (Å²) in [5.41, 5.74) is 0. The van der Waals surface area contributed by atoms with E-state index in [1.54, 1.807) is 13.8 Å². The number of phosphoric acid groups is 1. The molecule has 0 aromatic heterocycles. The zero-order chi connectivity index (χ0) is 8.50. The van der Waals surface area contributed by atoms with Gasteiger partial charge in [-0.1, -0.05) is 0 Å². The first kappa shape index (κ1) is 22.4. The molecule has 0 amide bonds. The van der Waals surface area contributed by atoms with Gasteiger partial charge >= 0.3 is 24.9 Å². The summed E-state index contributed by atoms with van der Waals surface area (Å²) >= 11 is 0. The maximum Gasteiger partial charge on any atom is 2.00 e. The van der Waals surface area contributed by atoms with Gasteiger partial charge < -0.3 is 28.5 Å². The van der Waals surface area contributed by atoms with Crippen molar-refractivity contribution < 1.29 is 36.3 Å². The van der Waals surface area contributed by atoms with E-state index in [2.05, 4.69) is 13.8 Å². The second-order valence-corrected chi connectivity index (χ2v) is 1.54. The Bertz CT molecular complexity index is 63.4. The Balaban J connectivity index is -0.0000000315. The molecule has 0 unspecified atom stereocenters. The van der Waals surface area contributed by atoms with Crippen LogP contribution in [0.4, 0.5) is 0 Å². The van der Waals surface area contributed by atoms with Crippen LogP contribution >= 0.6 is 7.82 Å². The van der Waals surface area contributed by atoms with E-state index in [4.69, 9.17) is 19.2 Å². The van der Waals surface area contributed by atoms with E-state index in [-0.39, 0.29) is 17.1 Å². The summed E-state index contributed by atoms with van der Waals surface area (Å²) in [6.07, 6.45) is 0. The van der Waals surface area contributed by atoms with Gasteiger partial charge in [-0.25, -0.2) is 4.57 Å². The zero-order valence-corrected chi connectivity index (χ0v) is 7.75. The molecule has 0 fully saturated rings. The third kappa shape index (κ3) is 1270. The smallest absolute Gasteiger partial charge is 0.346 e. The Morgan fingerprint density at radius 2 is 1.00 bits per heavy atom. The summed E-state index contributed by atoms with van der Waals surface area (Å²) < 4.78 is 8.88. The van der Waals surface area contributed by atoms with Gasteiger partial charge in [0, 0.05) is 0 Å². The molecule has 6 heteroatoms. The van der Waals surface area contributed by atoms with Crippen LogP contribution < -0.4 is 0 Å². The normalized spacial score (nSPS) is 7.10. The van der Waals surface area contributed by atoms with Gasteiger partial charge in [0.2, 0.25) is 0 Å². The molecule has 0 aromatic carbocycles. The first-order valence-corrected chi connectivity index (χ1v) is 3.76. The largest absolute Gasteiger partial charge is 2.00 e. The molecule has 0 saturated heterocycles. The Hall–Kier alpha value is 0.629. The van der Waals surface area contributed by atoms with E-state index in [1.165, 1.54) is 0 Å². The summed E-state index contributed by atoms with van der Waals surface area (Å²) in [7, 11) is -4.64. The second-order valence-electron chi connectivity index (χ2n) is 0.513. The van der Waals surface area contributed by atoms with E-state index < -0.39 is 7.82 Å². The molecule has 10 heavy (non-hydrogen) atoms. The Kier molecular flexibility index (Phi) is 36.6. The third-order valence-electron chi connectivity index (χ3n) is 0. The molecule has 0 rings (SSSR count). The monoisotopic (exact) mass is 219 g/mol. The van der Waals surface area contributed by atoms with Gasteiger partial charge in [-0.2, -0.15) is 13.8 Å². The summed E-state index contributed by atoms with van der Waals surface area (Å²) in [4.78, 5) is 21.6. The Morgan fingerprint density at radius 1 is 1.00 bits per heavy atom. The first-order chi connectivity index (χ1) is 4.00. The van der Waals surface area contributed by atoms with Crippen molar-refractivity contribution in [2.45, 2.75) is 13.8 Å². The standard InChI is InChI=1S/2C2H5.Cu.H3O4P/c2*1-2;;1-5(2,3)4/h2*1H2,2H3;;(H3,1,2,3,4)/q2*-1;+2;. The van der Waals surface area contributed by atoms with E-state index >= 15 is 0 Å².